The smallest absolute Gasteiger partial charge is 0.259 e. The molecule has 0 saturated carbocycles. The molecule has 1 amide bonds. The van der Waals surface area contributed by atoms with Crippen LogP contribution in [0.2, 0.25) is 0 Å². The van der Waals surface area contributed by atoms with E-state index in [4.69, 9.17) is 16.1 Å². The normalized spacial score (nSPS) is 13.2. The van der Waals surface area contributed by atoms with E-state index in [-0.39, 0.29) is 5.57 Å². The van der Waals surface area contributed by atoms with Crippen LogP contribution in [0.4, 0.5) is 5.69 Å². The number of unbranched alkanes of at least 4 members (excludes halogenated alkanes) is 1. The van der Waals surface area contributed by atoms with Crippen LogP contribution in [0.1, 0.15) is 80.7 Å². The minimum atomic E-state index is -0.689. The zero-order valence-corrected chi connectivity index (χ0v) is 25.8. The Morgan fingerprint density at radius 2 is 1.50 bits per heavy atom. The van der Waals surface area contributed by atoms with Gasteiger partial charge in [0, 0.05) is 38.5 Å². The number of carbonyl (C=O) groups is 1. The first kappa shape index (κ1) is 37.3. The molecule has 1 fully saturated rings. The molecule has 1 aliphatic heterocycles. The van der Waals surface area contributed by atoms with Gasteiger partial charge < -0.3 is 20.6 Å². The zero-order valence-electron chi connectivity index (χ0n) is 25.8. The van der Waals surface area contributed by atoms with Gasteiger partial charge in [-0.25, -0.2) is 0 Å². The maximum atomic E-state index is 11.4. The third kappa shape index (κ3) is 14.2. The van der Waals surface area contributed by atoms with Crippen LogP contribution in [0.3, 0.4) is 0 Å². The summed E-state index contributed by atoms with van der Waals surface area (Å²) in [7, 11) is 2.15. The number of primary amides is 1. The fraction of sp³-hybridized carbons (Fsp3) is 0.562. The quantitative estimate of drug-likeness (QED) is 0.328. The van der Waals surface area contributed by atoms with Crippen molar-refractivity contribution in [3.63, 3.8) is 0 Å². The van der Waals surface area contributed by atoms with Gasteiger partial charge in [0.1, 0.15) is 11.6 Å². The average molecular weight is 527 g/mol. The van der Waals surface area contributed by atoms with E-state index < -0.39 is 5.91 Å². The molecule has 0 aromatic heterocycles. The largest absolute Gasteiger partial charge is 0.396 e. The molecule has 6 nitrogen and oxygen atoms in total. The standard InChI is InChI=1S/C20H22N4O.C4H10O.C4H10.2C2H6/c1-14(19(13-21)20(22)25)15-3-4-17-12-18(6-5-16(17)11-15)24-9-7-23(2)8-10-24;1-2-3-4-5;1-4(2)3;2*1-2/h3-6,11-12H,7-10H2,1-2H3,(H2,22,25);5H,2-4H2,1H3;4H,1-3H3;2*1-2H3/b19-14+;;;;. The molecule has 2 aromatic rings. The second-order valence-corrected chi connectivity index (χ2v) is 9.32. The number of benzene rings is 2. The van der Waals surface area contributed by atoms with Crippen LogP contribution in [-0.2, 0) is 4.79 Å². The Labute approximate surface area is 233 Å². The van der Waals surface area contributed by atoms with E-state index in [0.29, 0.717) is 12.2 Å². The highest BCUT2D eigenvalue weighted by Gasteiger charge is 2.15. The Morgan fingerprint density at radius 1 is 1.00 bits per heavy atom. The van der Waals surface area contributed by atoms with Crippen LogP contribution >= 0.6 is 0 Å². The van der Waals surface area contributed by atoms with Gasteiger partial charge in [-0.05, 0) is 66.4 Å². The number of rotatable bonds is 5. The van der Waals surface area contributed by atoms with Crippen molar-refractivity contribution < 1.29 is 9.90 Å². The molecule has 0 unspecified atom stereocenters. The Morgan fingerprint density at radius 3 is 1.92 bits per heavy atom. The minimum Gasteiger partial charge on any atom is -0.396 e. The average Bonchev–Trinajstić information content (AvgIpc) is 2.91. The maximum Gasteiger partial charge on any atom is 0.259 e. The van der Waals surface area contributed by atoms with E-state index in [2.05, 4.69) is 62.7 Å². The second-order valence-electron chi connectivity index (χ2n) is 9.32. The highest BCUT2D eigenvalue weighted by atomic mass is 16.2. The van der Waals surface area contributed by atoms with Gasteiger partial charge in [0.2, 0.25) is 0 Å². The third-order valence-electron chi connectivity index (χ3n) is 5.37. The number of piperazine rings is 1. The van der Waals surface area contributed by atoms with Crippen molar-refractivity contribution in [1.29, 1.82) is 5.26 Å². The van der Waals surface area contributed by atoms with Gasteiger partial charge in [0.25, 0.3) is 5.91 Å². The highest BCUT2D eigenvalue weighted by molar-refractivity contribution is 6.04. The molecule has 0 atom stereocenters. The fourth-order valence-corrected chi connectivity index (χ4v) is 3.35. The number of likely N-dealkylation sites (N-methyl/N-ethyl adjacent to an activating group) is 1. The number of aliphatic hydroxyl groups is 1. The molecule has 0 aliphatic carbocycles. The summed E-state index contributed by atoms with van der Waals surface area (Å²) in [6, 6.07) is 14.3. The number of aliphatic hydroxyl groups excluding tert-OH is 1. The van der Waals surface area contributed by atoms with Gasteiger partial charge in [-0.15, -0.1) is 0 Å². The topological polar surface area (TPSA) is 93.6 Å². The van der Waals surface area contributed by atoms with E-state index in [1.807, 2.05) is 52.0 Å². The number of amides is 1. The van der Waals surface area contributed by atoms with Gasteiger partial charge in [-0.2, -0.15) is 5.26 Å². The SMILES string of the molecule is C/C(=C(/C#N)C(N)=O)c1ccc2cc(N3CCN(C)CC3)ccc2c1.CC.CC.CC(C)C.CCCCO. The second kappa shape index (κ2) is 22.1. The summed E-state index contributed by atoms with van der Waals surface area (Å²) < 4.78 is 0. The van der Waals surface area contributed by atoms with Crippen LogP contribution in [-0.4, -0.2) is 55.7 Å². The first-order chi connectivity index (χ1) is 18.1. The molecular formula is C32H54N4O2. The molecular weight excluding hydrogens is 472 g/mol. The summed E-state index contributed by atoms with van der Waals surface area (Å²) in [4.78, 5) is 16.1. The summed E-state index contributed by atoms with van der Waals surface area (Å²) in [6.45, 7) is 22.9. The lowest BCUT2D eigenvalue weighted by Gasteiger charge is -2.34. The molecule has 3 rings (SSSR count). The van der Waals surface area contributed by atoms with Crippen molar-refractivity contribution >= 4 is 27.9 Å². The molecule has 3 N–H and O–H groups in total. The van der Waals surface area contributed by atoms with Crippen molar-refractivity contribution in [1.82, 2.24) is 4.90 Å². The number of carbonyl (C=O) groups excluding carboxylic acids is 1. The molecule has 0 bridgehead atoms. The Bertz CT molecular complexity index is 980. The first-order valence-electron chi connectivity index (χ1n) is 14.1. The minimum absolute atomic E-state index is 0.00778. The number of hydrogen-bond donors (Lipinski definition) is 2. The number of anilines is 1. The lowest BCUT2D eigenvalue weighted by molar-refractivity contribution is -0.114. The molecule has 1 saturated heterocycles. The molecule has 6 heteroatoms. The van der Waals surface area contributed by atoms with E-state index >= 15 is 0 Å². The van der Waals surface area contributed by atoms with E-state index in [9.17, 15) is 4.79 Å². The maximum absolute atomic E-state index is 11.4. The predicted molar refractivity (Wildman–Crippen MR) is 166 cm³/mol. The van der Waals surface area contributed by atoms with Crippen molar-refractivity contribution in [3.8, 4) is 6.07 Å². The van der Waals surface area contributed by atoms with E-state index in [0.717, 1.165) is 61.3 Å². The molecule has 1 aliphatic rings. The number of allylic oxidation sites excluding steroid dienone is 1. The predicted octanol–water partition coefficient (Wildman–Crippen LogP) is 6.87. The Hall–Kier alpha value is -2.88. The number of nitriles is 1. The molecule has 2 aromatic carbocycles. The van der Waals surface area contributed by atoms with Gasteiger partial charge in [0.05, 0.1) is 0 Å². The van der Waals surface area contributed by atoms with Crippen molar-refractivity contribution in [3.05, 3.63) is 47.5 Å². The van der Waals surface area contributed by atoms with Crippen molar-refractivity contribution in [2.75, 3.05) is 44.7 Å². The summed E-state index contributed by atoms with van der Waals surface area (Å²) in [5, 5.41) is 19.4. The number of fused-ring (bicyclic) bond motifs is 1. The molecule has 38 heavy (non-hydrogen) atoms. The Kier molecular flexibility index (Phi) is 21.7. The highest BCUT2D eigenvalue weighted by Crippen LogP contribution is 2.27. The monoisotopic (exact) mass is 526 g/mol. The molecule has 1 heterocycles. The van der Waals surface area contributed by atoms with Crippen LogP contribution in [0.25, 0.3) is 16.3 Å². The van der Waals surface area contributed by atoms with Gasteiger partial charge in [-0.1, -0.05) is 80.0 Å². The fourth-order valence-electron chi connectivity index (χ4n) is 3.35. The number of nitrogens with zero attached hydrogens (tertiary/aromatic N) is 3. The molecule has 0 radical (unpaired) electrons. The molecule has 0 spiro atoms. The van der Waals surface area contributed by atoms with Crippen LogP contribution in [0.15, 0.2) is 42.0 Å². The zero-order chi connectivity index (χ0) is 29.7. The first-order valence-corrected chi connectivity index (χ1v) is 14.1. The van der Waals surface area contributed by atoms with Crippen molar-refractivity contribution in [2.24, 2.45) is 11.7 Å². The molecule has 214 valence electrons. The third-order valence-corrected chi connectivity index (χ3v) is 5.37. The summed E-state index contributed by atoms with van der Waals surface area (Å²) in [5.74, 6) is 0.144. The van der Waals surface area contributed by atoms with Crippen LogP contribution in [0.5, 0.6) is 0 Å². The summed E-state index contributed by atoms with van der Waals surface area (Å²) >= 11 is 0. The van der Waals surface area contributed by atoms with E-state index in [1.54, 1.807) is 6.92 Å². The summed E-state index contributed by atoms with van der Waals surface area (Å²) in [6.07, 6.45) is 2.04. The van der Waals surface area contributed by atoms with Gasteiger partial charge in [0.15, 0.2) is 0 Å². The van der Waals surface area contributed by atoms with Crippen LogP contribution in [0, 0.1) is 17.2 Å². The van der Waals surface area contributed by atoms with Gasteiger partial charge >= 0.3 is 0 Å². The lowest BCUT2D eigenvalue weighted by Crippen LogP contribution is -2.44. The summed E-state index contributed by atoms with van der Waals surface area (Å²) in [5.41, 5.74) is 7.98. The number of hydrogen-bond acceptors (Lipinski definition) is 5. The van der Waals surface area contributed by atoms with Crippen LogP contribution < -0.4 is 10.6 Å². The van der Waals surface area contributed by atoms with Crippen molar-refractivity contribution in [2.45, 2.75) is 75.2 Å². The lowest BCUT2D eigenvalue weighted by atomic mass is 9.98. The Balaban J connectivity index is 0. The number of nitrogens with two attached hydrogens (primary N) is 1. The van der Waals surface area contributed by atoms with E-state index in [1.165, 1.54) is 5.69 Å². The van der Waals surface area contributed by atoms with Gasteiger partial charge in [-0.3, -0.25) is 4.79 Å².